The third kappa shape index (κ3) is 2.86. The number of amides is 1. The van der Waals surface area contributed by atoms with Crippen molar-refractivity contribution in [2.75, 3.05) is 0 Å². The van der Waals surface area contributed by atoms with E-state index in [0.29, 0.717) is 12.3 Å². The van der Waals surface area contributed by atoms with Crippen LogP contribution >= 0.6 is 22.7 Å². The number of aryl methyl sites for hydroxylation is 1. The van der Waals surface area contributed by atoms with Crippen molar-refractivity contribution < 1.29 is 9.21 Å². The van der Waals surface area contributed by atoms with Gasteiger partial charge in [0.25, 0.3) is 5.91 Å². The molecule has 0 bridgehead atoms. The van der Waals surface area contributed by atoms with Gasteiger partial charge in [-0.15, -0.1) is 22.7 Å². The van der Waals surface area contributed by atoms with Crippen molar-refractivity contribution in [3.8, 4) is 10.8 Å². The van der Waals surface area contributed by atoms with Crippen molar-refractivity contribution in [3.63, 3.8) is 0 Å². The predicted octanol–water partition coefficient (Wildman–Crippen LogP) is 4.86. The van der Waals surface area contributed by atoms with Crippen LogP contribution in [0, 0.1) is 6.92 Å². The van der Waals surface area contributed by atoms with Gasteiger partial charge in [0.2, 0.25) is 0 Å². The van der Waals surface area contributed by atoms with Crippen LogP contribution in [0.5, 0.6) is 0 Å². The monoisotopic (exact) mass is 354 g/mol. The number of furan rings is 1. The van der Waals surface area contributed by atoms with Crippen molar-refractivity contribution in [1.82, 2.24) is 10.3 Å². The van der Waals surface area contributed by atoms with Crippen LogP contribution < -0.4 is 5.32 Å². The highest BCUT2D eigenvalue weighted by Gasteiger charge is 2.13. The fraction of sp³-hybridized carbons (Fsp3) is 0.111. The van der Waals surface area contributed by atoms with Crippen molar-refractivity contribution in [1.29, 1.82) is 0 Å². The van der Waals surface area contributed by atoms with Crippen LogP contribution in [0.2, 0.25) is 0 Å². The Morgan fingerprint density at radius 2 is 2.08 bits per heavy atom. The summed E-state index contributed by atoms with van der Waals surface area (Å²) in [4.78, 5) is 17.5. The van der Waals surface area contributed by atoms with E-state index in [2.05, 4.69) is 10.3 Å². The lowest BCUT2D eigenvalue weighted by atomic mass is 10.3. The van der Waals surface area contributed by atoms with Crippen LogP contribution in [0.25, 0.3) is 21.0 Å². The summed E-state index contributed by atoms with van der Waals surface area (Å²) in [6, 6.07) is 13.7. The molecule has 0 aliphatic carbocycles. The van der Waals surface area contributed by atoms with E-state index in [1.54, 1.807) is 11.3 Å². The standard InChI is InChI=1S/C18H14N2O2S2/c1-11-8-9-23-16(11)17(21)19-10-12-6-7-14(22-12)18-20-13-4-2-3-5-15(13)24-18/h2-9H,10H2,1H3,(H,19,21). The lowest BCUT2D eigenvalue weighted by molar-refractivity contribution is 0.0951. The Morgan fingerprint density at radius 1 is 1.21 bits per heavy atom. The van der Waals surface area contributed by atoms with Gasteiger partial charge >= 0.3 is 0 Å². The second-order valence-corrected chi connectivity index (χ2v) is 7.31. The molecule has 0 saturated carbocycles. The van der Waals surface area contributed by atoms with Crippen LogP contribution in [-0.4, -0.2) is 10.9 Å². The number of nitrogens with one attached hydrogen (secondary N) is 1. The number of hydrogen-bond acceptors (Lipinski definition) is 5. The van der Waals surface area contributed by atoms with Crippen LogP contribution in [0.15, 0.2) is 52.3 Å². The van der Waals surface area contributed by atoms with E-state index >= 15 is 0 Å². The topological polar surface area (TPSA) is 55.1 Å². The van der Waals surface area contributed by atoms with E-state index in [1.165, 1.54) is 11.3 Å². The Hall–Kier alpha value is -2.44. The highest BCUT2D eigenvalue weighted by atomic mass is 32.1. The van der Waals surface area contributed by atoms with Gasteiger partial charge in [0.15, 0.2) is 10.8 Å². The number of hydrogen-bond donors (Lipinski definition) is 1. The molecule has 0 radical (unpaired) electrons. The highest BCUT2D eigenvalue weighted by Crippen LogP contribution is 2.31. The average molecular weight is 354 g/mol. The Labute approximate surface area is 146 Å². The molecule has 1 amide bonds. The van der Waals surface area contributed by atoms with E-state index in [4.69, 9.17) is 4.42 Å². The number of carbonyl (C=O) groups excluding carboxylic acids is 1. The first kappa shape index (κ1) is 15.1. The second-order valence-electron chi connectivity index (χ2n) is 5.37. The predicted molar refractivity (Wildman–Crippen MR) is 97.5 cm³/mol. The number of thiazole rings is 1. The summed E-state index contributed by atoms with van der Waals surface area (Å²) in [5.41, 5.74) is 1.96. The number of rotatable bonds is 4. The van der Waals surface area contributed by atoms with E-state index in [-0.39, 0.29) is 5.91 Å². The van der Waals surface area contributed by atoms with Crippen molar-refractivity contribution in [2.45, 2.75) is 13.5 Å². The minimum atomic E-state index is -0.0690. The van der Waals surface area contributed by atoms with Crippen LogP contribution in [0.1, 0.15) is 21.0 Å². The van der Waals surface area contributed by atoms with Gasteiger partial charge < -0.3 is 9.73 Å². The molecule has 120 valence electrons. The summed E-state index contributed by atoms with van der Waals surface area (Å²) in [6.45, 7) is 2.30. The minimum Gasteiger partial charge on any atom is -0.457 e. The quantitative estimate of drug-likeness (QED) is 0.569. The fourth-order valence-corrected chi connectivity index (χ4v) is 4.19. The molecule has 0 fully saturated rings. The summed E-state index contributed by atoms with van der Waals surface area (Å²) in [7, 11) is 0. The van der Waals surface area contributed by atoms with Crippen LogP contribution in [0.4, 0.5) is 0 Å². The molecule has 0 unspecified atom stereocenters. The zero-order valence-electron chi connectivity index (χ0n) is 12.9. The molecule has 4 rings (SSSR count). The molecule has 1 N–H and O–H groups in total. The molecule has 3 heterocycles. The van der Waals surface area contributed by atoms with Crippen LogP contribution in [0.3, 0.4) is 0 Å². The molecule has 24 heavy (non-hydrogen) atoms. The van der Waals surface area contributed by atoms with Gasteiger partial charge in [-0.1, -0.05) is 12.1 Å². The van der Waals surface area contributed by atoms with E-state index in [0.717, 1.165) is 31.4 Å². The second kappa shape index (κ2) is 6.22. The molecule has 1 aromatic carbocycles. The molecule has 0 spiro atoms. The molecular formula is C18H14N2O2S2. The Kier molecular flexibility index (Phi) is 3.92. The van der Waals surface area contributed by atoms with E-state index in [1.807, 2.05) is 54.8 Å². The summed E-state index contributed by atoms with van der Waals surface area (Å²) in [6.07, 6.45) is 0. The zero-order valence-corrected chi connectivity index (χ0v) is 14.5. The number of para-hydroxylation sites is 1. The molecular weight excluding hydrogens is 340 g/mol. The number of thiophene rings is 1. The molecule has 0 aliphatic heterocycles. The zero-order chi connectivity index (χ0) is 16.5. The van der Waals surface area contributed by atoms with Gasteiger partial charge in [-0.2, -0.15) is 0 Å². The van der Waals surface area contributed by atoms with Gasteiger partial charge in [-0.25, -0.2) is 4.98 Å². The SMILES string of the molecule is Cc1ccsc1C(=O)NCc1ccc(-c2nc3ccccc3s2)o1. The van der Waals surface area contributed by atoms with Gasteiger partial charge in [0, 0.05) is 0 Å². The van der Waals surface area contributed by atoms with Crippen molar-refractivity contribution >= 4 is 38.8 Å². The normalized spacial score (nSPS) is 11.0. The fourth-order valence-electron chi connectivity index (χ4n) is 2.42. The number of fused-ring (bicyclic) bond motifs is 1. The maximum Gasteiger partial charge on any atom is 0.261 e. The maximum atomic E-state index is 12.1. The van der Waals surface area contributed by atoms with Crippen molar-refractivity contribution in [2.24, 2.45) is 0 Å². The highest BCUT2D eigenvalue weighted by molar-refractivity contribution is 7.21. The van der Waals surface area contributed by atoms with Crippen LogP contribution in [-0.2, 0) is 6.54 Å². The molecule has 0 atom stereocenters. The van der Waals surface area contributed by atoms with E-state index in [9.17, 15) is 4.79 Å². The smallest absolute Gasteiger partial charge is 0.261 e. The summed E-state index contributed by atoms with van der Waals surface area (Å²) < 4.78 is 6.97. The molecule has 6 heteroatoms. The Balaban J connectivity index is 1.48. The number of benzene rings is 1. The summed E-state index contributed by atoms with van der Waals surface area (Å²) in [5.74, 6) is 1.38. The van der Waals surface area contributed by atoms with Gasteiger partial charge in [0.1, 0.15) is 5.76 Å². The van der Waals surface area contributed by atoms with Gasteiger partial charge in [-0.3, -0.25) is 4.79 Å². The first-order valence-corrected chi connectivity index (χ1v) is 9.17. The van der Waals surface area contributed by atoms with E-state index < -0.39 is 0 Å². The summed E-state index contributed by atoms with van der Waals surface area (Å²) >= 11 is 3.04. The lowest BCUT2D eigenvalue weighted by Crippen LogP contribution is -2.22. The number of nitrogens with zero attached hydrogens (tertiary/aromatic N) is 1. The third-order valence-electron chi connectivity index (χ3n) is 3.66. The molecule has 4 aromatic rings. The molecule has 0 aliphatic rings. The largest absolute Gasteiger partial charge is 0.457 e. The summed E-state index contributed by atoms with van der Waals surface area (Å²) in [5, 5.41) is 5.66. The Bertz CT molecular complexity index is 980. The number of carbonyl (C=O) groups is 1. The third-order valence-corrected chi connectivity index (χ3v) is 5.72. The number of aromatic nitrogens is 1. The average Bonchev–Trinajstić information content (AvgIpc) is 3.31. The first-order chi connectivity index (χ1) is 11.7. The molecule has 0 saturated heterocycles. The van der Waals surface area contributed by atoms with Gasteiger partial charge in [0.05, 0.1) is 21.6 Å². The van der Waals surface area contributed by atoms with Gasteiger partial charge in [-0.05, 0) is 48.2 Å². The Morgan fingerprint density at radius 3 is 2.88 bits per heavy atom. The maximum absolute atomic E-state index is 12.1. The molecule has 3 aromatic heterocycles. The van der Waals surface area contributed by atoms with Crippen molar-refractivity contribution in [3.05, 3.63) is 64.0 Å². The first-order valence-electron chi connectivity index (χ1n) is 7.47. The minimum absolute atomic E-state index is 0.0690. The lowest BCUT2D eigenvalue weighted by Gasteiger charge is -2.02. The molecule has 4 nitrogen and oxygen atoms in total.